The maximum absolute atomic E-state index is 6.03. The summed E-state index contributed by atoms with van der Waals surface area (Å²) in [5, 5.41) is 0. The van der Waals surface area contributed by atoms with Gasteiger partial charge in [-0.25, -0.2) is 0 Å². The van der Waals surface area contributed by atoms with E-state index in [2.05, 4.69) is 38.1 Å². The molecule has 0 aliphatic heterocycles. The zero-order chi connectivity index (χ0) is 18.9. The van der Waals surface area contributed by atoms with Crippen LogP contribution in [0.4, 0.5) is 0 Å². The first-order valence-corrected chi connectivity index (χ1v) is 12.0. The molecule has 0 atom stereocenters. The van der Waals surface area contributed by atoms with Gasteiger partial charge in [0.15, 0.2) is 0 Å². The van der Waals surface area contributed by atoms with Gasteiger partial charge in [-0.3, -0.25) is 0 Å². The van der Waals surface area contributed by atoms with Crippen molar-refractivity contribution in [2.75, 3.05) is 6.61 Å². The van der Waals surface area contributed by atoms with Gasteiger partial charge in [0.25, 0.3) is 0 Å². The molecule has 1 heteroatoms. The summed E-state index contributed by atoms with van der Waals surface area (Å²) in [5.41, 5.74) is 1.53. The van der Waals surface area contributed by atoms with Crippen LogP contribution in [0.3, 0.4) is 0 Å². The van der Waals surface area contributed by atoms with E-state index in [1.54, 1.807) is 0 Å². The molecule has 1 nitrogen and oxygen atoms in total. The Morgan fingerprint density at radius 1 is 0.741 bits per heavy atom. The van der Waals surface area contributed by atoms with Crippen molar-refractivity contribution >= 4 is 0 Å². The minimum Gasteiger partial charge on any atom is -0.494 e. The van der Waals surface area contributed by atoms with Crippen LogP contribution in [0.2, 0.25) is 0 Å². The largest absolute Gasteiger partial charge is 0.494 e. The Hall–Kier alpha value is -0.980. The molecule has 0 aromatic heterocycles. The number of ether oxygens (including phenoxy) is 1. The molecule has 0 amide bonds. The van der Waals surface area contributed by atoms with Gasteiger partial charge < -0.3 is 4.74 Å². The molecule has 0 saturated heterocycles. The van der Waals surface area contributed by atoms with Crippen LogP contribution in [-0.4, -0.2) is 6.61 Å². The van der Waals surface area contributed by atoms with Gasteiger partial charge in [0.2, 0.25) is 0 Å². The number of benzene rings is 1. The van der Waals surface area contributed by atoms with Crippen molar-refractivity contribution in [1.82, 2.24) is 0 Å². The lowest BCUT2D eigenvalue weighted by molar-refractivity contribution is 0.230. The maximum atomic E-state index is 6.03. The minimum atomic E-state index is 0.782. The molecule has 2 aliphatic carbocycles. The normalized spacial score (nSPS) is 28.8. The summed E-state index contributed by atoms with van der Waals surface area (Å²) in [5.74, 6) is 4.81. The Balaban J connectivity index is 1.31. The zero-order valence-electron chi connectivity index (χ0n) is 17.9. The topological polar surface area (TPSA) is 9.23 Å². The van der Waals surface area contributed by atoms with E-state index in [-0.39, 0.29) is 0 Å². The fourth-order valence-corrected chi connectivity index (χ4v) is 5.52. The SMILES string of the molecule is CCC[C@H]1CC[C@H](CCCOc2ccc([C@H]3CC[C@H](CC)CC3)cc2)CC1. The highest BCUT2D eigenvalue weighted by molar-refractivity contribution is 5.29. The molecule has 0 N–H and O–H groups in total. The van der Waals surface area contributed by atoms with Gasteiger partial charge in [-0.15, -0.1) is 0 Å². The first kappa shape index (κ1) is 20.7. The van der Waals surface area contributed by atoms with Crippen LogP contribution in [0.25, 0.3) is 0 Å². The fourth-order valence-electron chi connectivity index (χ4n) is 5.52. The summed E-state index contributed by atoms with van der Waals surface area (Å²) in [6.45, 7) is 5.55. The van der Waals surface area contributed by atoms with Gasteiger partial charge in [-0.2, -0.15) is 0 Å². The van der Waals surface area contributed by atoms with Crippen molar-refractivity contribution in [3.8, 4) is 5.75 Å². The van der Waals surface area contributed by atoms with Crippen LogP contribution in [-0.2, 0) is 0 Å². The van der Waals surface area contributed by atoms with Crippen molar-refractivity contribution in [2.45, 2.75) is 103 Å². The van der Waals surface area contributed by atoms with Crippen LogP contribution < -0.4 is 4.74 Å². The molecular weight excluding hydrogens is 328 g/mol. The molecule has 0 heterocycles. The van der Waals surface area contributed by atoms with Crippen molar-refractivity contribution in [3.63, 3.8) is 0 Å². The second-order valence-electron chi connectivity index (χ2n) is 9.36. The van der Waals surface area contributed by atoms with Crippen molar-refractivity contribution in [1.29, 1.82) is 0 Å². The molecular formula is C26H42O. The number of hydrogen-bond donors (Lipinski definition) is 0. The molecule has 3 rings (SSSR count). The van der Waals surface area contributed by atoms with Gasteiger partial charge in [0.1, 0.15) is 5.75 Å². The summed E-state index contributed by atoms with van der Waals surface area (Å²) in [6, 6.07) is 9.05. The predicted octanol–water partition coefficient (Wildman–Crippen LogP) is 8.14. The smallest absolute Gasteiger partial charge is 0.119 e. The van der Waals surface area contributed by atoms with Gasteiger partial charge >= 0.3 is 0 Å². The highest BCUT2D eigenvalue weighted by atomic mass is 16.5. The summed E-state index contributed by atoms with van der Waals surface area (Å²) in [4.78, 5) is 0. The Morgan fingerprint density at radius 2 is 1.33 bits per heavy atom. The highest BCUT2D eigenvalue weighted by Gasteiger charge is 2.21. The molecule has 27 heavy (non-hydrogen) atoms. The average Bonchev–Trinajstić information content (AvgIpc) is 2.73. The van der Waals surface area contributed by atoms with E-state index < -0.39 is 0 Å². The molecule has 0 bridgehead atoms. The minimum absolute atomic E-state index is 0.782. The lowest BCUT2D eigenvalue weighted by Crippen LogP contribution is -2.15. The molecule has 1 aromatic carbocycles. The lowest BCUT2D eigenvalue weighted by atomic mass is 9.78. The first-order chi connectivity index (χ1) is 13.3. The number of hydrogen-bond acceptors (Lipinski definition) is 1. The molecule has 0 spiro atoms. The first-order valence-electron chi connectivity index (χ1n) is 12.0. The van der Waals surface area contributed by atoms with Crippen LogP contribution >= 0.6 is 0 Å². The van der Waals surface area contributed by atoms with Crippen LogP contribution in [0.5, 0.6) is 5.75 Å². The van der Waals surface area contributed by atoms with E-state index in [0.29, 0.717) is 0 Å². The maximum Gasteiger partial charge on any atom is 0.119 e. The van der Waals surface area contributed by atoms with Crippen molar-refractivity contribution in [2.24, 2.45) is 17.8 Å². The van der Waals surface area contributed by atoms with E-state index in [0.717, 1.165) is 36.0 Å². The molecule has 152 valence electrons. The second-order valence-corrected chi connectivity index (χ2v) is 9.36. The van der Waals surface area contributed by atoms with Gasteiger partial charge in [0, 0.05) is 0 Å². The van der Waals surface area contributed by atoms with Crippen LogP contribution in [0.1, 0.15) is 109 Å². The Bertz CT molecular complexity index is 504. The number of rotatable bonds is 9. The highest BCUT2D eigenvalue weighted by Crippen LogP contribution is 2.37. The molecule has 1 aromatic rings. The Labute approximate surface area is 168 Å². The standard InChI is InChI=1S/C26H42O/c1-3-6-22-8-10-23(11-9-22)7-5-20-27-26-18-16-25(17-19-26)24-14-12-21(4-2)13-15-24/h16-19,21-24H,3-15,20H2,1-2H3/t21-,22-,23-,24-. The molecule has 2 aliphatic rings. The lowest BCUT2D eigenvalue weighted by Gasteiger charge is -2.28. The van der Waals surface area contributed by atoms with E-state index >= 15 is 0 Å². The summed E-state index contributed by atoms with van der Waals surface area (Å²) < 4.78 is 6.03. The zero-order valence-corrected chi connectivity index (χ0v) is 17.9. The van der Waals surface area contributed by atoms with Crippen LogP contribution in [0.15, 0.2) is 24.3 Å². The summed E-state index contributed by atoms with van der Waals surface area (Å²) in [7, 11) is 0. The van der Waals surface area contributed by atoms with Gasteiger partial charge in [-0.05, 0) is 79.9 Å². The monoisotopic (exact) mass is 370 g/mol. The third-order valence-electron chi connectivity index (χ3n) is 7.46. The van der Waals surface area contributed by atoms with Crippen molar-refractivity contribution in [3.05, 3.63) is 29.8 Å². The Kier molecular flexibility index (Phi) is 8.55. The van der Waals surface area contributed by atoms with Crippen molar-refractivity contribution < 1.29 is 4.74 Å². The van der Waals surface area contributed by atoms with Gasteiger partial charge in [-0.1, -0.05) is 70.9 Å². The van der Waals surface area contributed by atoms with Gasteiger partial charge in [0.05, 0.1) is 6.61 Å². The quantitative estimate of drug-likeness (QED) is 0.399. The van der Waals surface area contributed by atoms with E-state index in [9.17, 15) is 0 Å². The molecule has 0 unspecified atom stereocenters. The average molecular weight is 371 g/mol. The molecule has 2 saturated carbocycles. The molecule has 2 fully saturated rings. The summed E-state index contributed by atoms with van der Waals surface area (Å²) >= 11 is 0. The second kappa shape index (κ2) is 11.1. The van der Waals surface area contributed by atoms with E-state index in [1.807, 2.05) is 0 Å². The summed E-state index contributed by atoms with van der Waals surface area (Å²) in [6.07, 6.45) is 18.2. The third kappa shape index (κ3) is 6.54. The Morgan fingerprint density at radius 3 is 1.93 bits per heavy atom. The van der Waals surface area contributed by atoms with E-state index in [4.69, 9.17) is 4.74 Å². The molecule has 0 radical (unpaired) electrons. The predicted molar refractivity (Wildman–Crippen MR) is 117 cm³/mol. The fraction of sp³-hybridized carbons (Fsp3) is 0.769. The van der Waals surface area contributed by atoms with E-state index in [1.165, 1.54) is 89.0 Å². The third-order valence-corrected chi connectivity index (χ3v) is 7.46. The van der Waals surface area contributed by atoms with Crippen LogP contribution in [0, 0.1) is 17.8 Å².